The number of nitrogens with zero attached hydrogens (tertiary/aromatic N) is 1. The second-order valence-electron chi connectivity index (χ2n) is 6.32. The molecule has 1 aromatic carbocycles. The van der Waals surface area contributed by atoms with Gasteiger partial charge in [0, 0.05) is 30.5 Å². The summed E-state index contributed by atoms with van der Waals surface area (Å²) in [6, 6.07) is 9.39. The van der Waals surface area contributed by atoms with Crippen LogP contribution in [0.5, 0.6) is 0 Å². The largest absolute Gasteiger partial charge is 0.334 e. The SMILES string of the molecule is Cc1ccc(CNC(=O)N[C@H](C)c2ccc3c(c2)CCC(=O)N3)cn1. The second kappa shape index (κ2) is 7.34. The zero-order chi connectivity index (χ0) is 17.8. The first-order chi connectivity index (χ1) is 12.0. The molecule has 6 nitrogen and oxygen atoms in total. The van der Waals surface area contributed by atoms with Crippen molar-refractivity contribution in [3.05, 3.63) is 58.9 Å². The molecule has 3 N–H and O–H groups in total. The van der Waals surface area contributed by atoms with Gasteiger partial charge in [0.2, 0.25) is 5.91 Å². The lowest BCUT2D eigenvalue weighted by molar-refractivity contribution is -0.116. The molecule has 0 fully saturated rings. The van der Waals surface area contributed by atoms with Crippen LogP contribution < -0.4 is 16.0 Å². The number of anilines is 1. The van der Waals surface area contributed by atoms with E-state index in [0.29, 0.717) is 13.0 Å². The van der Waals surface area contributed by atoms with E-state index in [4.69, 9.17) is 0 Å². The maximum atomic E-state index is 12.1. The van der Waals surface area contributed by atoms with Crippen molar-refractivity contribution in [1.29, 1.82) is 0 Å². The maximum Gasteiger partial charge on any atom is 0.315 e. The molecular formula is C19H22N4O2. The molecule has 1 aliphatic heterocycles. The van der Waals surface area contributed by atoms with E-state index in [0.717, 1.165) is 34.5 Å². The van der Waals surface area contributed by atoms with Crippen molar-refractivity contribution < 1.29 is 9.59 Å². The molecule has 0 saturated heterocycles. The topological polar surface area (TPSA) is 83.1 Å². The Bertz CT molecular complexity index is 787. The Morgan fingerprint density at radius 3 is 2.88 bits per heavy atom. The monoisotopic (exact) mass is 338 g/mol. The van der Waals surface area contributed by atoms with Crippen LogP contribution in [0.3, 0.4) is 0 Å². The number of aryl methyl sites for hydroxylation is 2. The fourth-order valence-electron chi connectivity index (χ4n) is 2.79. The van der Waals surface area contributed by atoms with E-state index in [1.165, 1.54) is 0 Å². The molecule has 2 aromatic rings. The molecule has 2 heterocycles. The Labute approximate surface area is 147 Å². The Morgan fingerprint density at radius 2 is 2.12 bits per heavy atom. The average Bonchev–Trinajstić information content (AvgIpc) is 2.60. The minimum Gasteiger partial charge on any atom is -0.334 e. The first-order valence-electron chi connectivity index (χ1n) is 8.40. The summed E-state index contributed by atoms with van der Waals surface area (Å²) < 4.78 is 0. The molecule has 3 rings (SSSR count). The molecule has 130 valence electrons. The molecule has 25 heavy (non-hydrogen) atoms. The van der Waals surface area contributed by atoms with Crippen LogP contribution in [0, 0.1) is 6.92 Å². The van der Waals surface area contributed by atoms with Gasteiger partial charge in [-0.25, -0.2) is 4.79 Å². The van der Waals surface area contributed by atoms with Gasteiger partial charge in [0.25, 0.3) is 0 Å². The van der Waals surface area contributed by atoms with Crippen molar-refractivity contribution >= 4 is 17.6 Å². The number of fused-ring (bicyclic) bond motifs is 1. The molecule has 0 spiro atoms. The first kappa shape index (κ1) is 17.0. The number of aromatic nitrogens is 1. The van der Waals surface area contributed by atoms with Crippen molar-refractivity contribution in [2.24, 2.45) is 0 Å². The van der Waals surface area contributed by atoms with Crippen molar-refractivity contribution in [1.82, 2.24) is 15.6 Å². The highest BCUT2D eigenvalue weighted by Gasteiger charge is 2.17. The minimum absolute atomic E-state index is 0.0522. The summed E-state index contributed by atoms with van der Waals surface area (Å²) in [4.78, 5) is 27.7. The molecule has 0 aliphatic carbocycles. The Morgan fingerprint density at radius 1 is 1.28 bits per heavy atom. The van der Waals surface area contributed by atoms with E-state index >= 15 is 0 Å². The fraction of sp³-hybridized carbons (Fsp3) is 0.316. The summed E-state index contributed by atoms with van der Waals surface area (Å²) in [6.45, 7) is 4.30. The second-order valence-corrected chi connectivity index (χ2v) is 6.32. The van der Waals surface area contributed by atoms with Gasteiger partial charge in [-0.05, 0) is 49.1 Å². The van der Waals surface area contributed by atoms with Crippen LogP contribution in [-0.2, 0) is 17.8 Å². The number of nitrogens with one attached hydrogen (secondary N) is 3. The maximum absolute atomic E-state index is 12.1. The number of amides is 3. The van der Waals surface area contributed by atoms with Gasteiger partial charge in [-0.15, -0.1) is 0 Å². The molecule has 3 amide bonds. The van der Waals surface area contributed by atoms with Gasteiger partial charge in [-0.2, -0.15) is 0 Å². The quantitative estimate of drug-likeness (QED) is 0.801. The van der Waals surface area contributed by atoms with Crippen molar-refractivity contribution in [2.75, 3.05) is 5.32 Å². The Balaban J connectivity index is 1.56. The van der Waals surface area contributed by atoms with Crippen LogP contribution in [0.25, 0.3) is 0 Å². The Hall–Kier alpha value is -2.89. The number of hydrogen-bond acceptors (Lipinski definition) is 3. The molecule has 1 aliphatic rings. The van der Waals surface area contributed by atoms with Crippen molar-refractivity contribution in [3.8, 4) is 0 Å². The predicted molar refractivity (Wildman–Crippen MR) is 96.2 cm³/mol. The highest BCUT2D eigenvalue weighted by molar-refractivity contribution is 5.93. The van der Waals surface area contributed by atoms with Crippen LogP contribution in [-0.4, -0.2) is 16.9 Å². The summed E-state index contributed by atoms with van der Waals surface area (Å²) in [5.74, 6) is 0.0522. The van der Waals surface area contributed by atoms with E-state index in [1.807, 2.05) is 44.2 Å². The highest BCUT2D eigenvalue weighted by Crippen LogP contribution is 2.26. The third kappa shape index (κ3) is 4.35. The lowest BCUT2D eigenvalue weighted by Gasteiger charge is -2.20. The number of urea groups is 1. The first-order valence-corrected chi connectivity index (χ1v) is 8.40. The van der Waals surface area contributed by atoms with Gasteiger partial charge in [0.05, 0.1) is 6.04 Å². The predicted octanol–water partition coefficient (Wildman–Crippen LogP) is 2.84. The van der Waals surface area contributed by atoms with E-state index in [1.54, 1.807) is 6.20 Å². The van der Waals surface area contributed by atoms with Crippen molar-refractivity contribution in [2.45, 2.75) is 39.3 Å². The van der Waals surface area contributed by atoms with Gasteiger partial charge in [-0.1, -0.05) is 18.2 Å². The molecular weight excluding hydrogens is 316 g/mol. The summed E-state index contributed by atoms with van der Waals surface area (Å²) in [5.41, 5.74) is 4.89. The van der Waals surface area contributed by atoms with Crippen LogP contribution in [0.15, 0.2) is 36.5 Å². The molecule has 1 atom stereocenters. The lowest BCUT2D eigenvalue weighted by atomic mass is 9.98. The molecule has 0 bridgehead atoms. The number of carbonyl (C=O) groups excluding carboxylic acids is 2. The smallest absolute Gasteiger partial charge is 0.315 e. The standard InChI is InChI=1S/C19H22N4O2/c1-12-3-4-14(10-20-12)11-21-19(25)22-13(2)15-5-7-17-16(9-15)6-8-18(24)23-17/h3-5,7,9-10,13H,6,8,11H2,1-2H3,(H,23,24)(H2,21,22,25)/t13-/m1/s1. The van der Waals surface area contributed by atoms with E-state index < -0.39 is 0 Å². The fourth-order valence-corrected chi connectivity index (χ4v) is 2.79. The lowest BCUT2D eigenvalue weighted by Crippen LogP contribution is -2.36. The summed E-state index contributed by atoms with van der Waals surface area (Å²) >= 11 is 0. The van der Waals surface area contributed by atoms with Gasteiger partial charge in [0.1, 0.15) is 0 Å². The van der Waals surface area contributed by atoms with Crippen LogP contribution in [0.4, 0.5) is 10.5 Å². The van der Waals surface area contributed by atoms with Crippen molar-refractivity contribution in [3.63, 3.8) is 0 Å². The van der Waals surface area contributed by atoms with Gasteiger partial charge >= 0.3 is 6.03 Å². The number of rotatable bonds is 4. The third-order valence-electron chi connectivity index (χ3n) is 4.30. The molecule has 0 radical (unpaired) electrons. The van der Waals surface area contributed by atoms with E-state index in [-0.39, 0.29) is 18.0 Å². The van der Waals surface area contributed by atoms with Crippen LogP contribution in [0.2, 0.25) is 0 Å². The van der Waals surface area contributed by atoms with E-state index in [9.17, 15) is 9.59 Å². The van der Waals surface area contributed by atoms with Gasteiger partial charge in [-0.3, -0.25) is 9.78 Å². The van der Waals surface area contributed by atoms with Gasteiger partial charge < -0.3 is 16.0 Å². The average molecular weight is 338 g/mol. The van der Waals surface area contributed by atoms with Crippen LogP contribution >= 0.6 is 0 Å². The number of benzene rings is 1. The summed E-state index contributed by atoms with van der Waals surface area (Å²) in [5, 5.41) is 8.64. The number of hydrogen-bond donors (Lipinski definition) is 3. The minimum atomic E-state index is -0.223. The van der Waals surface area contributed by atoms with E-state index in [2.05, 4.69) is 20.9 Å². The number of carbonyl (C=O) groups is 2. The zero-order valence-corrected chi connectivity index (χ0v) is 14.4. The van der Waals surface area contributed by atoms with Gasteiger partial charge in [0.15, 0.2) is 0 Å². The summed E-state index contributed by atoms with van der Waals surface area (Å²) in [7, 11) is 0. The van der Waals surface area contributed by atoms with Crippen LogP contribution in [0.1, 0.15) is 41.8 Å². The molecule has 0 saturated carbocycles. The normalized spacial score (nSPS) is 14.2. The third-order valence-corrected chi connectivity index (χ3v) is 4.30. The Kier molecular flexibility index (Phi) is 4.97. The molecule has 1 aromatic heterocycles. The number of pyridine rings is 1. The zero-order valence-electron chi connectivity index (χ0n) is 14.4. The highest BCUT2D eigenvalue weighted by atomic mass is 16.2. The summed E-state index contributed by atoms with van der Waals surface area (Å²) in [6.07, 6.45) is 2.99. The molecule has 6 heteroatoms. The molecule has 0 unspecified atom stereocenters.